The number of nitrogens with zero attached hydrogens (tertiary/aromatic N) is 3. The van der Waals surface area contributed by atoms with Crippen LogP contribution in [0, 0.1) is 11.7 Å². The Kier molecular flexibility index (Phi) is 4.70. The summed E-state index contributed by atoms with van der Waals surface area (Å²) in [5.74, 6) is -1.78. The quantitative estimate of drug-likeness (QED) is 0.875. The molecule has 0 unspecified atom stereocenters. The van der Waals surface area contributed by atoms with Gasteiger partial charge in [-0.25, -0.2) is 9.18 Å². The van der Waals surface area contributed by atoms with Crippen LogP contribution < -0.4 is 5.56 Å². The minimum absolute atomic E-state index is 0.00129. The molecule has 1 aromatic heterocycles. The van der Waals surface area contributed by atoms with Crippen molar-refractivity contribution < 1.29 is 19.1 Å². The zero-order valence-electron chi connectivity index (χ0n) is 15.1. The van der Waals surface area contributed by atoms with Crippen LogP contribution in [0.5, 0.6) is 0 Å². The Morgan fingerprint density at radius 3 is 2.50 bits per heavy atom. The molecule has 146 valence electrons. The maximum Gasteiger partial charge on any atom is 0.326 e. The van der Waals surface area contributed by atoms with Gasteiger partial charge in [0.1, 0.15) is 17.6 Å². The smallest absolute Gasteiger partial charge is 0.326 e. The number of carbonyl (C=O) groups excluding carboxylic acids is 1. The van der Waals surface area contributed by atoms with E-state index in [1.54, 1.807) is 0 Å². The standard InChI is InChI=1S/C20H20FN3O4/c21-13-5-7-14(8-6-13)24-18(25)10-9-15(22-24)19(26)23-16-4-2-1-3-12(16)11-17(23)20(27)28/h5-10,12,16-17H,1-4,11H2,(H,27,28)/t12-,16+,17-/m0/s1. The van der Waals surface area contributed by atoms with Crippen molar-refractivity contribution in [3.63, 3.8) is 0 Å². The lowest BCUT2D eigenvalue weighted by molar-refractivity contribution is -0.141. The zero-order valence-corrected chi connectivity index (χ0v) is 15.1. The fourth-order valence-electron chi connectivity index (χ4n) is 4.40. The van der Waals surface area contributed by atoms with Crippen LogP contribution in [0.4, 0.5) is 4.39 Å². The number of rotatable bonds is 3. The molecule has 3 atom stereocenters. The minimum atomic E-state index is -1.02. The van der Waals surface area contributed by atoms with Crippen LogP contribution in [0.1, 0.15) is 42.6 Å². The van der Waals surface area contributed by atoms with Gasteiger partial charge in [-0.3, -0.25) is 9.59 Å². The van der Waals surface area contributed by atoms with Crippen LogP contribution >= 0.6 is 0 Å². The van der Waals surface area contributed by atoms with Gasteiger partial charge in [0.2, 0.25) is 0 Å². The summed E-state index contributed by atoms with van der Waals surface area (Å²) < 4.78 is 14.2. The molecular weight excluding hydrogens is 365 g/mol. The molecule has 1 aliphatic heterocycles. The number of hydrogen-bond acceptors (Lipinski definition) is 4. The molecule has 8 heteroatoms. The summed E-state index contributed by atoms with van der Waals surface area (Å²) in [5, 5.41) is 13.8. The van der Waals surface area contributed by atoms with E-state index in [0.29, 0.717) is 12.1 Å². The Hall–Kier alpha value is -3.03. The number of aliphatic carboxylic acids is 1. The number of carboxylic acids is 1. The predicted octanol–water partition coefficient (Wildman–Crippen LogP) is 2.23. The second-order valence-corrected chi connectivity index (χ2v) is 7.36. The largest absolute Gasteiger partial charge is 0.480 e. The van der Waals surface area contributed by atoms with Crippen LogP contribution in [0.15, 0.2) is 41.2 Å². The van der Waals surface area contributed by atoms with Gasteiger partial charge in [0.15, 0.2) is 0 Å². The zero-order chi connectivity index (χ0) is 19.8. The van der Waals surface area contributed by atoms with Crippen LogP contribution in [-0.4, -0.2) is 43.7 Å². The summed E-state index contributed by atoms with van der Waals surface area (Å²) in [5.41, 5.74) is -0.135. The van der Waals surface area contributed by atoms with E-state index < -0.39 is 29.3 Å². The molecule has 2 aromatic rings. The first kappa shape index (κ1) is 18.3. The average Bonchev–Trinajstić information content (AvgIpc) is 3.08. The number of fused-ring (bicyclic) bond motifs is 1. The molecule has 0 radical (unpaired) electrons. The lowest BCUT2D eigenvalue weighted by Gasteiger charge is -2.32. The van der Waals surface area contributed by atoms with Crippen molar-refractivity contribution in [3.05, 3.63) is 58.3 Å². The van der Waals surface area contributed by atoms with Crippen molar-refractivity contribution in [3.8, 4) is 5.69 Å². The van der Waals surface area contributed by atoms with Gasteiger partial charge in [0, 0.05) is 12.1 Å². The number of hydrogen-bond donors (Lipinski definition) is 1. The number of halogens is 1. The highest BCUT2D eigenvalue weighted by molar-refractivity contribution is 5.95. The van der Waals surface area contributed by atoms with Gasteiger partial charge < -0.3 is 10.0 Å². The Morgan fingerprint density at radius 2 is 1.79 bits per heavy atom. The third-order valence-corrected chi connectivity index (χ3v) is 5.70. The molecule has 2 heterocycles. The molecule has 2 fully saturated rings. The Bertz CT molecular complexity index is 972. The molecule has 2 aliphatic rings. The highest BCUT2D eigenvalue weighted by atomic mass is 19.1. The van der Waals surface area contributed by atoms with Crippen molar-refractivity contribution >= 4 is 11.9 Å². The van der Waals surface area contributed by atoms with Crippen molar-refractivity contribution in [2.24, 2.45) is 5.92 Å². The average molecular weight is 385 g/mol. The summed E-state index contributed by atoms with van der Waals surface area (Å²) in [4.78, 5) is 38.6. The topological polar surface area (TPSA) is 92.5 Å². The summed E-state index contributed by atoms with van der Waals surface area (Å²) in [7, 11) is 0. The Labute approximate surface area is 160 Å². The molecule has 1 aromatic carbocycles. The predicted molar refractivity (Wildman–Crippen MR) is 97.7 cm³/mol. The third kappa shape index (κ3) is 3.19. The molecule has 1 N–H and O–H groups in total. The monoisotopic (exact) mass is 385 g/mol. The summed E-state index contributed by atoms with van der Waals surface area (Å²) in [6.45, 7) is 0. The number of carboxylic acid groups (broad SMARTS) is 1. The molecule has 1 amide bonds. The molecular formula is C20H20FN3O4. The van der Waals surface area contributed by atoms with E-state index in [-0.39, 0.29) is 17.7 Å². The lowest BCUT2D eigenvalue weighted by atomic mass is 9.84. The third-order valence-electron chi connectivity index (χ3n) is 5.70. The second kappa shape index (κ2) is 7.18. The van der Waals surface area contributed by atoms with Crippen molar-refractivity contribution in [1.82, 2.24) is 14.7 Å². The van der Waals surface area contributed by atoms with Crippen molar-refractivity contribution in [2.45, 2.75) is 44.2 Å². The maximum absolute atomic E-state index is 13.2. The van der Waals surface area contributed by atoms with Crippen LogP contribution in [0.25, 0.3) is 5.69 Å². The lowest BCUT2D eigenvalue weighted by Crippen LogP contribution is -2.46. The minimum Gasteiger partial charge on any atom is -0.480 e. The number of carbonyl (C=O) groups is 2. The molecule has 1 saturated heterocycles. The molecule has 7 nitrogen and oxygen atoms in total. The summed E-state index contributed by atoms with van der Waals surface area (Å²) in [6.07, 6.45) is 4.14. The van der Waals surface area contributed by atoms with Crippen molar-refractivity contribution in [1.29, 1.82) is 0 Å². The van der Waals surface area contributed by atoms with Gasteiger partial charge >= 0.3 is 5.97 Å². The highest BCUT2D eigenvalue weighted by Crippen LogP contribution is 2.40. The van der Waals surface area contributed by atoms with Gasteiger partial charge in [-0.05, 0) is 55.5 Å². The first-order chi connectivity index (χ1) is 13.5. The number of aromatic nitrogens is 2. The summed E-state index contributed by atoms with van der Waals surface area (Å²) >= 11 is 0. The molecule has 1 aliphatic carbocycles. The molecule has 1 saturated carbocycles. The molecule has 28 heavy (non-hydrogen) atoms. The first-order valence-electron chi connectivity index (χ1n) is 9.37. The fraction of sp³-hybridized carbons (Fsp3) is 0.400. The second-order valence-electron chi connectivity index (χ2n) is 7.36. The van der Waals surface area contributed by atoms with Crippen LogP contribution in [-0.2, 0) is 4.79 Å². The van der Waals surface area contributed by atoms with E-state index >= 15 is 0 Å². The highest BCUT2D eigenvalue weighted by Gasteiger charge is 2.48. The van der Waals surface area contributed by atoms with E-state index in [2.05, 4.69) is 5.10 Å². The molecule has 0 spiro atoms. The normalized spacial score (nSPS) is 24.0. The van der Waals surface area contributed by atoms with Crippen molar-refractivity contribution in [2.75, 3.05) is 0 Å². The molecule has 0 bridgehead atoms. The van der Waals surface area contributed by atoms with Gasteiger partial charge in [0.25, 0.3) is 11.5 Å². The Balaban J connectivity index is 1.71. The van der Waals surface area contributed by atoms with Gasteiger partial charge in [-0.2, -0.15) is 9.78 Å². The van der Waals surface area contributed by atoms with Gasteiger partial charge in [0.05, 0.1) is 5.69 Å². The Morgan fingerprint density at radius 1 is 1.07 bits per heavy atom. The van der Waals surface area contributed by atoms with E-state index in [1.165, 1.54) is 41.3 Å². The maximum atomic E-state index is 13.2. The number of amides is 1. The SMILES string of the molecule is O=C(O)[C@@H]1C[C@@H]2CCCC[C@H]2N1C(=O)c1ccc(=O)n(-c2ccc(F)cc2)n1. The fourth-order valence-corrected chi connectivity index (χ4v) is 4.40. The number of benzene rings is 1. The van der Waals surface area contributed by atoms with E-state index in [4.69, 9.17) is 0 Å². The number of likely N-dealkylation sites (tertiary alicyclic amines) is 1. The van der Waals surface area contributed by atoms with E-state index in [0.717, 1.165) is 30.4 Å². The van der Waals surface area contributed by atoms with E-state index in [1.807, 2.05) is 0 Å². The summed E-state index contributed by atoms with van der Waals surface area (Å²) in [6, 6.07) is 6.73. The van der Waals surface area contributed by atoms with Gasteiger partial charge in [-0.1, -0.05) is 12.8 Å². The van der Waals surface area contributed by atoms with Crippen LogP contribution in [0.2, 0.25) is 0 Å². The van der Waals surface area contributed by atoms with Crippen LogP contribution in [0.3, 0.4) is 0 Å². The van der Waals surface area contributed by atoms with E-state index in [9.17, 15) is 23.9 Å². The first-order valence-corrected chi connectivity index (χ1v) is 9.37. The molecule has 4 rings (SSSR count). The van der Waals surface area contributed by atoms with Gasteiger partial charge in [-0.15, -0.1) is 0 Å².